The fourth-order valence-corrected chi connectivity index (χ4v) is 2.99. The van der Waals surface area contributed by atoms with Crippen LogP contribution in [0.25, 0.3) is 0 Å². The number of nitrogens with zero attached hydrogens (tertiary/aromatic N) is 2. The number of nitrogens with one attached hydrogen (secondary N) is 2. The van der Waals surface area contributed by atoms with E-state index in [1.807, 2.05) is 6.92 Å². The van der Waals surface area contributed by atoms with Gasteiger partial charge in [-0.05, 0) is 46.0 Å². The highest BCUT2D eigenvalue weighted by Gasteiger charge is 2.34. The van der Waals surface area contributed by atoms with Gasteiger partial charge in [0.2, 0.25) is 0 Å². The van der Waals surface area contributed by atoms with Gasteiger partial charge >= 0.3 is 0 Å². The van der Waals surface area contributed by atoms with Gasteiger partial charge in [-0.25, -0.2) is 8.78 Å². The minimum absolute atomic E-state index is 0. The first-order valence-electron chi connectivity index (χ1n) is 9.32. The van der Waals surface area contributed by atoms with Crippen LogP contribution in [0.1, 0.15) is 19.8 Å². The smallest absolute Gasteiger partial charge is 0.191 e. The average Bonchev–Trinajstić information content (AvgIpc) is 2.65. The third kappa shape index (κ3) is 7.32. The summed E-state index contributed by atoms with van der Waals surface area (Å²) in [7, 11) is 4.15. The molecule has 0 atom stereocenters. The first-order valence-corrected chi connectivity index (χ1v) is 9.32. The molecule has 9 heteroatoms. The lowest BCUT2D eigenvalue weighted by atomic mass is 9.89. The number of benzene rings is 1. The van der Waals surface area contributed by atoms with Crippen molar-refractivity contribution >= 4 is 29.9 Å². The first-order chi connectivity index (χ1) is 13.0. The SMILES string of the molecule is CCNC(=NCC1(N(C)C)CCOCC1)NCCOc1ccc(F)cc1F.I. The van der Waals surface area contributed by atoms with Crippen LogP contribution in [0.3, 0.4) is 0 Å². The summed E-state index contributed by atoms with van der Waals surface area (Å²) in [6.07, 6.45) is 1.88. The highest BCUT2D eigenvalue weighted by Crippen LogP contribution is 2.26. The quantitative estimate of drug-likeness (QED) is 0.243. The van der Waals surface area contributed by atoms with Gasteiger partial charge in [-0.2, -0.15) is 0 Å². The molecule has 0 unspecified atom stereocenters. The van der Waals surface area contributed by atoms with E-state index in [1.54, 1.807) is 0 Å². The Hall–Kier alpha value is -1.20. The number of hydrogen-bond acceptors (Lipinski definition) is 4. The molecule has 0 aromatic heterocycles. The molecular weight excluding hydrogens is 481 g/mol. The third-order valence-electron chi connectivity index (χ3n) is 4.79. The predicted molar refractivity (Wildman–Crippen MR) is 118 cm³/mol. The van der Waals surface area contributed by atoms with Crippen molar-refractivity contribution in [2.75, 3.05) is 53.6 Å². The molecule has 1 saturated heterocycles. The molecule has 28 heavy (non-hydrogen) atoms. The molecule has 2 rings (SSSR count). The molecule has 1 aromatic rings. The minimum atomic E-state index is -0.706. The molecule has 6 nitrogen and oxygen atoms in total. The molecule has 0 bridgehead atoms. The van der Waals surface area contributed by atoms with Gasteiger partial charge in [0.1, 0.15) is 12.4 Å². The van der Waals surface area contributed by atoms with Gasteiger partial charge in [-0.3, -0.25) is 4.99 Å². The standard InChI is InChI=1S/C19H30F2N4O2.HI/c1-4-22-18(24-14-19(25(2)3)7-10-26-11-8-19)23-9-12-27-17-6-5-15(20)13-16(17)21;/h5-6,13H,4,7-12,14H2,1-3H3,(H2,22,23,24);1H. The molecule has 2 N–H and O–H groups in total. The zero-order chi connectivity index (χ0) is 19.7. The largest absolute Gasteiger partial charge is 0.489 e. The van der Waals surface area contributed by atoms with Crippen LogP contribution in [0.5, 0.6) is 5.75 Å². The summed E-state index contributed by atoms with van der Waals surface area (Å²) in [6, 6.07) is 3.27. The van der Waals surface area contributed by atoms with Crippen LogP contribution in [0.2, 0.25) is 0 Å². The minimum Gasteiger partial charge on any atom is -0.489 e. The summed E-state index contributed by atoms with van der Waals surface area (Å²) in [4.78, 5) is 6.95. The van der Waals surface area contributed by atoms with E-state index in [0.29, 0.717) is 19.0 Å². The fraction of sp³-hybridized carbons (Fsp3) is 0.632. The van der Waals surface area contributed by atoms with E-state index in [0.717, 1.165) is 38.7 Å². The Bertz CT molecular complexity index is 626. The third-order valence-corrected chi connectivity index (χ3v) is 4.79. The Labute approximate surface area is 183 Å². The molecule has 0 radical (unpaired) electrons. The maximum absolute atomic E-state index is 13.6. The Morgan fingerprint density at radius 3 is 2.57 bits per heavy atom. The zero-order valence-corrected chi connectivity index (χ0v) is 19.1. The number of ether oxygens (including phenoxy) is 2. The molecule has 0 saturated carbocycles. The molecular formula is C19H31F2IN4O2. The summed E-state index contributed by atoms with van der Waals surface area (Å²) in [5, 5.41) is 6.39. The van der Waals surface area contributed by atoms with Crippen molar-refractivity contribution in [1.82, 2.24) is 15.5 Å². The van der Waals surface area contributed by atoms with Crippen LogP contribution in [0.4, 0.5) is 8.78 Å². The second-order valence-corrected chi connectivity index (χ2v) is 6.78. The summed E-state index contributed by atoms with van der Waals surface area (Å²) in [6.45, 7) is 5.56. The van der Waals surface area contributed by atoms with E-state index in [1.165, 1.54) is 12.1 Å². The lowest BCUT2D eigenvalue weighted by Gasteiger charge is -2.41. The zero-order valence-electron chi connectivity index (χ0n) is 16.8. The molecule has 0 aliphatic carbocycles. The number of guanidine groups is 1. The summed E-state index contributed by atoms with van der Waals surface area (Å²) >= 11 is 0. The van der Waals surface area contributed by atoms with Crippen molar-refractivity contribution < 1.29 is 18.3 Å². The second-order valence-electron chi connectivity index (χ2n) is 6.78. The van der Waals surface area contributed by atoms with Crippen molar-refractivity contribution in [2.45, 2.75) is 25.3 Å². The first kappa shape index (κ1) is 24.8. The van der Waals surface area contributed by atoms with Crippen molar-refractivity contribution in [3.05, 3.63) is 29.8 Å². The summed E-state index contributed by atoms with van der Waals surface area (Å²) in [5.41, 5.74) is -0.00561. The van der Waals surface area contributed by atoms with Gasteiger partial charge in [-0.15, -0.1) is 24.0 Å². The average molecular weight is 512 g/mol. The van der Waals surface area contributed by atoms with Crippen LogP contribution in [0, 0.1) is 11.6 Å². The molecule has 1 aromatic carbocycles. The Morgan fingerprint density at radius 1 is 1.25 bits per heavy atom. The maximum Gasteiger partial charge on any atom is 0.191 e. The summed E-state index contributed by atoms with van der Waals surface area (Å²) < 4.78 is 37.3. The van der Waals surface area contributed by atoms with E-state index in [2.05, 4.69) is 29.6 Å². The molecule has 160 valence electrons. The molecule has 0 spiro atoms. The van der Waals surface area contributed by atoms with E-state index < -0.39 is 11.6 Å². The number of aliphatic imine (C=N–C) groups is 1. The predicted octanol–water partition coefficient (Wildman–Crippen LogP) is 2.63. The molecule has 1 fully saturated rings. The van der Waals surface area contributed by atoms with Crippen molar-refractivity contribution in [1.29, 1.82) is 0 Å². The van der Waals surface area contributed by atoms with Gasteiger partial charge in [0.15, 0.2) is 17.5 Å². The molecule has 1 heterocycles. The number of rotatable bonds is 8. The van der Waals surface area contributed by atoms with Crippen LogP contribution in [0.15, 0.2) is 23.2 Å². The van der Waals surface area contributed by atoms with Gasteiger partial charge in [0, 0.05) is 31.4 Å². The Kier molecular flexibility index (Phi) is 11.0. The van der Waals surface area contributed by atoms with Gasteiger partial charge in [0.25, 0.3) is 0 Å². The van der Waals surface area contributed by atoms with E-state index in [-0.39, 0.29) is 41.9 Å². The van der Waals surface area contributed by atoms with Gasteiger partial charge in [-0.1, -0.05) is 0 Å². The Balaban J connectivity index is 0.00000392. The van der Waals surface area contributed by atoms with Crippen LogP contribution >= 0.6 is 24.0 Å². The number of likely N-dealkylation sites (N-methyl/N-ethyl adjacent to an activating group) is 1. The fourth-order valence-electron chi connectivity index (χ4n) is 2.99. The van der Waals surface area contributed by atoms with Crippen molar-refractivity contribution in [3.63, 3.8) is 0 Å². The molecule has 1 aliphatic rings. The van der Waals surface area contributed by atoms with Crippen LogP contribution in [-0.2, 0) is 4.74 Å². The lowest BCUT2D eigenvalue weighted by Crippen LogP contribution is -2.52. The van der Waals surface area contributed by atoms with Crippen LogP contribution in [-0.4, -0.2) is 69.9 Å². The second kappa shape index (κ2) is 12.4. The summed E-state index contributed by atoms with van der Waals surface area (Å²) in [5.74, 6) is -0.604. The monoisotopic (exact) mass is 512 g/mol. The highest BCUT2D eigenvalue weighted by molar-refractivity contribution is 14.0. The lowest BCUT2D eigenvalue weighted by molar-refractivity contribution is -0.00254. The van der Waals surface area contributed by atoms with E-state index in [4.69, 9.17) is 14.5 Å². The Morgan fingerprint density at radius 2 is 1.96 bits per heavy atom. The molecule has 1 aliphatic heterocycles. The van der Waals surface area contributed by atoms with Crippen molar-refractivity contribution in [2.24, 2.45) is 4.99 Å². The van der Waals surface area contributed by atoms with Crippen molar-refractivity contribution in [3.8, 4) is 5.75 Å². The van der Waals surface area contributed by atoms with E-state index >= 15 is 0 Å². The normalized spacial score (nSPS) is 16.4. The number of halogens is 3. The van der Waals surface area contributed by atoms with E-state index in [9.17, 15) is 8.78 Å². The van der Waals surface area contributed by atoms with Crippen LogP contribution < -0.4 is 15.4 Å². The van der Waals surface area contributed by atoms with Gasteiger partial charge in [0.05, 0.1) is 13.1 Å². The number of hydrogen-bond donors (Lipinski definition) is 2. The maximum atomic E-state index is 13.6. The topological polar surface area (TPSA) is 58.1 Å². The molecule has 0 amide bonds. The highest BCUT2D eigenvalue weighted by atomic mass is 127. The van der Waals surface area contributed by atoms with Gasteiger partial charge < -0.3 is 25.0 Å².